The maximum Gasteiger partial charge on any atom is 0.408 e. The molecular weight excluding hydrogens is 534 g/mol. The van der Waals surface area contributed by atoms with Gasteiger partial charge in [0.15, 0.2) is 6.10 Å². The molecule has 1 amide bonds. The number of hydrogen-bond acceptors (Lipinski definition) is 7. The molecule has 0 heterocycles. The van der Waals surface area contributed by atoms with Crippen LogP contribution in [0.2, 0.25) is 0 Å². The van der Waals surface area contributed by atoms with Gasteiger partial charge in [-0.25, -0.2) is 9.59 Å². The highest BCUT2D eigenvalue weighted by molar-refractivity contribution is 5.81. The van der Waals surface area contributed by atoms with Crippen molar-refractivity contribution in [3.05, 3.63) is 35.9 Å². The van der Waals surface area contributed by atoms with Gasteiger partial charge in [-0.05, 0) is 17.9 Å². The van der Waals surface area contributed by atoms with Crippen LogP contribution in [0, 0.1) is 5.92 Å². The van der Waals surface area contributed by atoms with Gasteiger partial charge < -0.3 is 24.6 Å². The molecule has 240 valence electrons. The Morgan fingerprint density at radius 2 is 1.29 bits per heavy atom. The van der Waals surface area contributed by atoms with E-state index in [2.05, 4.69) is 12.2 Å². The number of alkyl carbamates (subject to hydrolysis) is 1. The van der Waals surface area contributed by atoms with Crippen LogP contribution in [-0.4, -0.2) is 48.5 Å². The lowest BCUT2D eigenvalue weighted by molar-refractivity contribution is -0.163. The molecular formula is C34H57NO7. The Kier molecular flexibility index (Phi) is 22.2. The number of carbonyl (C=O) groups is 3. The van der Waals surface area contributed by atoms with Gasteiger partial charge in [0.1, 0.15) is 19.3 Å². The fourth-order valence-corrected chi connectivity index (χ4v) is 4.65. The fourth-order valence-electron chi connectivity index (χ4n) is 4.65. The summed E-state index contributed by atoms with van der Waals surface area (Å²) < 4.78 is 15.8. The van der Waals surface area contributed by atoms with Crippen LogP contribution in [0.4, 0.5) is 4.79 Å². The van der Waals surface area contributed by atoms with E-state index in [0.29, 0.717) is 6.42 Å². The number of hydrogen-bond donors (Lipinski definition) is 2. The number of amides is 1. The summed E-state index contributed by atoms with van der Waals surface area (Å²) in [6.07, 6.45) is 17.4. The van der Waals surface area contributed by atoms with Crippen LogP contribution >= 0.6 is 0 Å². The summed E-state index contributed by atoms with van der Waals surface area (Å²) in [5.74, 6) is -1.38. The van der Waals surface area contributed by atoms with Crippen LogP contribution in [-0.2, 0) is 30.4 Å². The first-order chi connectivity index (χ1) is 20.4. The lowest BCUT2D eigenvalue weighted by Crippen LogP contribution is -2.47. The van der Waals surface area contributed by atoms with Crippen molar-refractivity contribution in [2.45, 2.75) is 142 Å². The normalized spacial score (nSPS) is 12.5. The molecule has 2 atom stereocenters. The van der Waals surface area contributed by atoms with E-state index in [4.69, 9.17) is 14.2 Å². The van der Waals surface area contributed by atoms with Gasteiger partial charge >= 0.3 is 18.0 Å². The fraction of sp³-hybridized carbons (Fsp3) is 0.735. The quantitative estimate of drug-likeness (QED) is 0.0682. The lowest BCUT2D eigenvalue weighted by atomic mass is 10.0. The minimum atomic E-state index is -1.01. The predicted octanol–water partition coefficient (Wildman–Crippen LogP) is 7.65. The minimum Gasteiger partial charge on any atom is -0.462 e. The molecule has 0 aliphatic carbocycles. The third-order valence-corrected chi connectivity index (χ3v) is 7.31. The molecule has 8 nitrogen and oxygen atoms in total. The van der Waals surface area contributed by atoms with Crippen molar-refractivity contribution < 1.29 is 33.7 Å². The standard InChI is InChI=1S/C34H57NO7/c1-4-5-6-7-8-9-10-11-12-13-14-15-16-17-21-24-31(37)40-27-30(25-36)42-33(38)32(28(2)3)35-34(39)41-26-29-22-19-18-20-23-29/h18-20,22-23,28,30,32,36H,4-17,21,24-27H2,1-3H3,(H,35,39). The van der Waals surface area contributed by atoms with E-state index in [-0.39, 0.29) is 25.1 Å². The van der Waals surface area contributed by atoms with E-state index >= 15 is 0 Å². The Morgan fingerprint density at radius 3 is 1.79 bits per heavy atom. The van der Waals surface area contributed by atoms with Crippen LogP contribution < -0.4 is 5.32 Å². The van der Waals surface area contributed by atoms with Crippen molar-refractivity contribution in [1.82, 2.24) is 5.32 Å². The first-order valence-electron chi connectivity index (χ1n) is 16.3. The second-order valence-electron chi connectivity index (χ2n) is 11.6. The Bertz CT molecular complexity index is 830. The molecule has 1 rings (SSSR count). The average molecular weight is 592 g/mol. The number of nitrogens with one attached hydrogen (secondary N) is 1. The summed E-state index contributed by atoms with van der Waals surface area (Å²) >= 11 is 0. The van der Waals surface area contributed by atoms with Gasteiger partial charge in [-0.15, -0.1) is 0 Å². The van der Waals surface area contributed by atoms with Crippen molar-refractivity contribution >= 4 is 18.0 Å². The second kappa shape index (κ2) is 24.9. The third-order valence-electron chi connectivity index (χ3n) is 7.31. The Hall–Kier alpha value is -2.61. The van der Waals surface area contributed by atoms with Crippen molar-refractivity contribution in [2.24, 2.45) is 5.92 Å². The number of unbranched alkanes of at least 4 members (excludes halogenated alkanes) is 14. The van der Waals surface area contributed by atoms with Gasteiger partial charge in [0.05, 0.1) is 6.61 Å². The van der Waals surface area contributed by atoms with E-state index in [0.717, 1.165) is 24.8 Å². The largest absolute Gasteiger partial charge is 0.462 e. The minimum absolute atomic E-state index is 0.0705. The van der Waals surface area contributed by atoms with Gasteiger partial charge in [0.2, 0.25) is 0 Å². The maximum atomic E-state index is 12.7. The molecule has 2 N–H and O–H groups in total. The molecule has 2 unspecified atom stereocenters. The van der Waals surface area contributed by atoms with Gasteiger partial charge in [0, 0.05) is 6.42 Å². The number of aliphatic hydroxyl groups excluding tert-OH is 1. The van der Waals surface area contributed by atoms with Gasteiger partial charge in [0.25, 0.3) is 0 Å². The topological polar surface area (TPSA) is 111 Å². The zero-order valence-corrected chi connectivity index (χ0v) is 26.5. The van der Waals surface area contributed by atoms with Gasteiger partial charge in [-0.1, -0.05) is 141 Å². The number of aliphatic hydroxyl groups is 1. The van der Waals surface area contributed by atoms with Crippen molar-refractivity contribution in [3.63, 3.8) is 0 Å². The van der Waals surface area contributed by atoms with Crippen molar-refractivity contribution in [2.75, 3.05) is 13.2 Å². The molecule has 0 aromatic heterocycles. The zero-order valence-electron chi connectivity index (χ0n) is 26.5. The lowest BCUT2D eigenvalue weighted by Gasteiger charge is -2.23. The van der Waals surface area contributed by atoms with E-state index in [1.807, 2.05) is 30.3 Å². The number of rotatable bonds is 25. The SMILES string of the molecule is CCCCCCCCCCCCCCCCCC(=O)OCC(CO)OC(=O)C(NC(=O)OCc1ccccc1)C(C)C. The highest BCUT2D eigenvalue weighted by atomic mass is 16.6. The maximum absolute atomic E-state index is 12.7. The number of benzene rings is 1. The second-order valence-corrected chi connectivity index (χ2v) is 11.6. The third kappa shape index (κ3) is 19.5. The smallest absolute Gasteiger partial charge is 0.408 e. The Morgan fingerprint density at radius 1 is 0.762 bits per heavy atom. The summed E-state index contributed by atoms with van der Waals surface area (Å²) in [6.45, 7) is 5.11. The molecule has 1 aromatic carbocycles. The molecule has 0 saturated carbocycles. The molecule has 0 bridgehead atoms. The molecule has 8 heteroatoms. The van der Waals surface area contributed by atoms with Gasteiger partial charge in [-0.2, -0.15) is 0 Å². The van der Waals surface area contributed by atoms with Gasteiger partial charge in [-0.3, -0.25) is 4.79 Å². The first kappa shape index (κ1) is 37.4. The summed E-state index contributed by atoms with van der Waals surface area (Å²) in [6, 6.07) is 8.23. The van der Waals surface area contributed by atoms with Crippen LogP contribution in [0.25, 0.3) is 0 Å². The van der Waals surface area contributed by atoms with E-state index in [9.17, 15) is 19.5 Å². The summed E-state index contributed by atoms with van der Waals surface area (Å²) in [5, 5.41) is 12.2. The first-order valence-corrected chi connectivity index (χ1v) is 16.3. The monoisotopic (exact) mass is 591 g/mol. The Labute approximate surface area is 254 Å². The average Bonchev–Trinajstić information content (AvgIpc) is 2.99. The van der Waals surface area contributed by atoms with Crippen molar-refractivity contribution in [3.8, 4) is 0 Å². The van der Waals surface area contributed by atoms with Crippen LogP contribution in [0.3, 0.4) is 0 Å². The van der Waals surface area contributed by atoms with Crippen LogP contribution in [0.15, 0.2) is 30.3 Å². The molecule has 0 spiro atoms. The summed E-state index contributed by atoms with van der Waals surface area (Å²) in [5.41, 5.74) is 0.822. The van der Waals surface area contributed by atoms with E-state index in [1.165, 1.54) is 77.0 Å². The van der Waals surface area contributed by atoms with Crippen LogP contribution in [0.5, 0.6) is 0 Å². The molecule has 0 aliphatic rings. The number of esters is 2. The van der Waals surface area contributed by atoms with Crippen LogP contribution in [0.1, 0.15) is 129 Å². The Balaban J connectivity index is 2.14. The van der Waals surface area contributed by atoms with Crippen molar-refractivity contribution in [1.29, 1.82) is 0 Å². The predicted molar refractivity (Wildman–Crippen MR) is 166 cm³/mol. The summed E-state index contributed by atoms with van der Waals surface area (Å²) in [7, 11) is 0. The molecule has 0 saturated heterocycles. The highest BCUT2D eigenvalue weighted by Gasteiger charge is 2.29. The number of ether oxygens (including phenoxy) is 3. The molecule has 1 aromatic rings. The summed E-state index contributed by atoms with van der Waals surface area (Å²) in [4.78, 5) is 37.1. The zero-order chi connectivity index (χ0) is 30.8. The molecule has 0 aliphatic heterocycles. The molecule has 0 radical (unpaired) electrons. The number of carbonyl (C=O) groups excluding carboxylic acids is 3. The highest BCUT2D eigenvalue weighted by Crippen LogP contribution is 2.14. The van der Waals surface area contributed by atoms with E-state index < -0.39 is 30.8 Å². The molecule has 0 fully saturated rings. The molecule has 42 heavy (non-hydrogen) atoms. The van der Waals surface area contributed by atoms with E-state index in [1.54, 1.807) is 13.8 Å².